The first kappa shape index (κ1) is 10.2. The number of hydrogen-bond donors (Lipinski definition) is 0. The normalized spacial score (nSPS) is 21.4. The number of carbonyl (C=O) groups excluding carboxylic acids is 1. The monoisotopic (exact) mass is 226 g/mol. The van der Waals surface area contributed by atoms with Crippen LogP contribution in [-0.4, -0.2) is 17.3 Å². The topological polar surface area (TPSA) is 17.1 Å². The Balaban J connectivity index is 2.09. The number of thioether (sulfide) groups is 1. The van der Waals surface area contributed by atoms with Crippen molar-refractivity contribution in [3.63, 3.8) is 0 Å². The van der Waals surface area contributed by atoms with Crippen molar-refractivity contribution in [3.8, 4) is 0 Å². The molecule has 0 N–H and O–H groups in total. The zero-order valence-corrected chi connectivity index (χ0v) is 9.92. The third-order valence-corrected chi connectivity index (χ3v) is 4.96. The molecule has 1 aliphatic rings. The minimum atomic E-state index is 0.295. The molecule has 0 spiro atoms. The summed E-state index contributed by atoms with van der Waals surface area (Å²) in [6.07, 6.45) is 2.11. The van der Waals surface area contributed by atoms with Crippen molar-refractivity contribution < 1.29 is 4.79 Å². The maximum atomic E-state index is 12.0. The largest absolute Gasteiger partial charge is 0.293 e. The van der Waals surface area contributed by atoms with Crippen LogP contribution >= 0.6 is 23.1 Å². The van der Waals surface area contributed by atoms with Gasteiger partial charge in [-0.1, -0.05) is 6.92 Å². The fourth-order valence-electron chi connectivity index (χ4n) is 1.64. The van der Waals surface area contributed by atoms with Crippen LogP contribution in [0.1, 0.15) is 27.9 Å². The molecule has 0 amide bonds. The van der Waals surface area contributed by atoms with Gasteiger partial charge in [-0.3, -0.25) is 4.79 Å². The molecular weight excluding hydrogens is 212 g/mol. The number of Topliss-reactive ketones (excluding diaryl/α,β-unsaturated/α-hetero) is 1. The molecule has 76 valence electrons. The van der Waals surface area contributed by atoms with Crippen LogP contribution in [-0.2, 0) is 6.42 Å². The molecule has 1 aliphatic heterocycles. The summed E-state index contributed by atoms with van der Waals surface area (Å²) in [4.78, 5) is 14.3. The van der Waals surface area contributed by atoms with Crippen molar-refractivity contribution in [2.75, 3.05) is 11.5 Å². The summed E-state index contributed by atoms with van der Waals surface area (Å²) in [7, 11) is 0. The minimum absolute atomic E-state index is 0.295. The second-order valence-corrected chi connectivity index (χ2v) is 5.86. The highest BCUT2D eigenvalue weighted by Gasteiger charge is 2.25. The van der Waals surface area contributed by atoms with Crippen molar-refractivity contribution in [3.05, 3.63) is 21.9 Å². The van der Waals surface area contributed by atoms with Crippen LogP contribution in [0.4, 0.5) is 0 Å². The highest BCUT2D eigenvalue weighted by molar-refractivity contribution is 7.99. The van der Waals surface area contributed by atoms with Crippen LogP contribution in [0.15, 0.2) is 12.1 Å². The number of hydrogen-bond acceptors (Lipinski definition) is 3. The Hall–Kier alpha value is -0.280. The fraction of sp³-hybridized carbons (Fsp3) is 0.545. The van der Waals surface area contributed by atoms with E-state index in [1.165, 1.54) is 4.88 Å². The van der Waals surface area contributed by atoms with Gasteiger partial charge >= 0.3 is 0 Å². The van der Waals surface area contributed by atoms with Gasteiger partial charge in [-0.25, -0.2) is 0 Å². The highest BCUT2D eigenvalue weighted by atomic mass is 32.2. The van der Waals surface area contributed by atoms with Gasteiger partial charge in [0.25, 0.3) is 0 Å². The second kappa shape index (κ2) is 4.49. The molecule has 1 saturated heterocycles. The van der Waals surface area contributed by atoms with E-state index in [0.29, 0.717) is 11.7 Å². The molecule has 0 bridgehead atoms. The molecule has 0 aliphatic carbocycles. The Morgan fingerprint density at radius 1 is 1.57 bits per heavy atom. The standard InChI is InChI=1S/C11H14OS2/c1-2-9-3-4-10(14-9)11(12)8-5-6-13-7-8/h3-4,8H,2,5-7H2,1H3. The molecule has 2 rings (SSSR count). The van der Waals surface area contributed by atoms with Crippen molar-refractivity contribution in [1.29, 1.82) is 0 Å². The molecule has 14 heavy (non-hydrogen) atoms. The molecule has 0 saturated carbocycles. The van der Waals surface area contributed by atoms with Crippen molar-refractivity contribution >= 4 is 28.9 Å². The quantitative estimate of drug-likeness (QED) is 0.736. The molecule has 1 unspecified atom stereocenters. The lowest BCUT2D eigenvalue weighted by Crippen LogP contribution is -2.12. The lowest BCUT2D eigenvalue weighted by molar-refractivity contribution is 0.0938. The Bertz CT molecular complexity index is 324. The second-order valence-electron chi connectivity index (χ2n) is 3.54. The van der Waals surface area contributed by atoms with Crippen molar-refractivity contribution in [2.45, 2.75) is 19.8 Å². The summed E-state index contributed by atoms with van der Waals surface area (Å²) < 4.78 is 0. The van der Waals surface area contributed by atoms with Crippen LogP contribution in [0.5, 0.6) is 0 Å². The average molecular weight is 226 g/mol. The predicted molar refractivity (Wildman–Crippen MR) is 63.5 cm³/mol. The summed E-state index contributed by atoms with van der Waals surface area (Å²) in [5.74, 6) is 2.85. The highest BCUT2D eigenvalue weighted by Crippen LogP contribution is 2.29. The van der Waals surface area contributed by atoms with Gasteiger partial charge in [0, 0.05) is 16.5 Å². The number of aryl methyl sites for hydroxylation is 1. The van der Waals surface area contributed by atoms with E-state index >= 15 is 0 Å². The Labute approximate surface area is 92.9 Å². The van der Waals surface area contributed by atoms with E-state index < -0.39 is 0 Å². The number of ketones is 1. The summed E-state index contributed by atoms with van der Waals surface area (Å²) in [5.41, 5.74) is 0. The Morgan fingerprint density at radius 2 is 2.43 bits per heavy atom. The molecular formula is C11H14OS2. The van der Waals surface area contributed by atoms with Gasteiger partial charge in [-0.15, -0.1) is 11.3 Å². The Kier molecular flexibility index (Phi) is 3.29. The van der Waals surface area contributed by atoms with Crippen LogP contribution in [0.25, 0.3) is 0 Å². The molecule has 1 aromatic rings. The molecule has 0 radical (unpaired) electrons. The van der Waals surface area contributed by atoms with Crippen LogP contribution in [0, 0.1) is 5.92 Å². The van der Waals surface area contributed by atoms with Gasteiger partial charge in [0.15, 0.2) is 5.78 Å². The number of thiophene rings is 1. The van der Waals surface area contributed by atoms with E-state index in [4.69, 9.17) is 0 Å². The molecule has 2 heterocycles. The van der Waals surface area contributed by atoms with E-state index in [1.807, 2.05) is 17.8 Å². The van der Waals surface area contributed by atoms with E-state index in [9.17, 15) is 4.79 Å². The molecule has 1 atom stereocenters. The smallest absolute Gasteiger partial charge is 0.176 e. The van der Waals surface area contributed by atoms with Crippen LogP contribution in [0.2, 0.25) is 0 Å². The first-order valence-electron chi connectivity index (χ1n) is 5.02. The van der Waals surface area contributed by atoms with Crippen molar-refractivity contribution in [2.24, 2.45) is 5.92 Å². The van der Waals surface area contributed by atoms with Gasteiger partial charge in [0.2, 0.25) is 0 Å². The zero-order valence-electron chi connectivity index (χ0n) is 8.29. The van der Waals surface area contributed by atoms with Gasteiger partial charge < -0.3 is 0 Å². The third-order valence-electron chi connectivity index (χ3n) is 2.55. The third kappa shape index (κ3) is 2.04. The number of rotatable bonds is 3. The first-order chi connectivity index (χ1) is 6.81. The summed E-state index contributed by atoms with van der Waals surface area (Å²) in [6.45, 7) is 2.13. The van der Waals surface area contributed by atoms with Crippen LogP contribution < -0.4 is 0 Å². The average Bonchev–Trinajstić information content (AvgIpc) is 2.88. The summed E-state index contributed by atoms with van der Waals surface area (Å²) in [5, 5.41) is 0. The predicted octanol–water partition coefficient (Wildman–Crippen LogP) is 3.25. The van der Waals surface area contributed by atoms with Gasteiger partial charge in [-0.2, -0.15) is 11.8 Å². The first-order valence-corrected chi connectivity index (χ1v) is 6.99. The van der Waals surface area contributed by atoms with Crippen LogP contribution in [0.3, 0.4) is 0 Å². The molecule has 3 heteroatoms. The van der Waals surface area contributed by atoms with Gasteiger partial charge in [0.1, 0.15) is 0 Å². The molecule has 0 aromatic carbocycles. The summed E-state index contributed by atoms with van der Waals surface area (Å²) in [6, 6.07) is 4.08. The van der Waals surface area contributed by atoms with E-state index in [1.54, 1.807) is 11.3 Å². The minimum Gasteiger partial charge on any atom is -0.293 e. The molecule has 1 fully saturated rings. The van der Waals surface area contributed by atoms with Gasteiger partial charge in [-0.05, 0) is 30.7 Å². The van der Waals surface area contributed by atoms with Gasteiger partial charge in [0.05, 0.1) is 4.88 Å². The molecule has 1 aromatic heterocycles. The fourth-order valence-corrected chi connectivity index (χ4v) is 3.83. The van der Waals surface area contributed by atoms with E-state index in [2.05, 4.69) is 13.0 Å². The van der Waals surface area contributed by atoms with E-state index in [0.717, 1.165) is 29.2 Å². The maximum Gasteiger partial charge on any atom is 0.176 e. The zero-order chi connectivity index (χ0) is 9.97. The van der Waals surface area contributed by atoms with E-state index in [-0.39, 0.29) is 0 Å². The molecule has 1 nitrogen and oxygen atoms in total. The lowest BCUT2D eigenvalue weighted by Gasteiger charge is -2.03. The Morgan fingerprint density at radius 3 is 3.00 bits per heavy atom. The lowest BCUT2D eigenvalue weighted by atomic mass is 10.0. The maximum absolute atomic E-state index is 12.0. The number of carbonyl (C=O) groups is 1. The SMILES string of the molecule is CCc1ccc(C(=O)C2CCSC2)s1. The van der Waals surface area contributed by atoms with Crippen molar-refractivity contribution in [1.82, 2.24) is 0 Å². The summed E-state index contributed by atoms with van der Waals surface area (Å²) >= 11 is 3.57.